The molecule has 3 aliphatic rings. The summed E-state index contributed by atoms with van der Waals surface area (Å²) in [6.07, 6.45) is 0.503. The van der Waals surface area contributed by atoms with E-state index < -0.39 is 6.43 Å². The summed E-state index contributed by atoms with van der Waals surface area (Å²) in [5, 5.41) is 0. The van der Waals surface area contributed by atoms with Gasteiger partial charge in [0, 0.05) is 35.0 Å². The number of nitrogens with zero attached hydrogens (tertiary/aromatic N) is 1. The van der Waals surface area contributed by atoms with Crippen molar-refractivity contribution in [2.24, 2.45) is 5.92 Å². The van der Waals surface area contributed by atoms with Gasteiger partial charge in [-0.3, -0.25) is 4.79 Å². The molecule has 0 radical (unpaired) electrons. The number of halogens is 2. The Labute approximate surface area is 215 Å². The van der Waals surface area contributed by atoms with Crippen molar-refractivity contribution < 1.29 is 23.1 Å². The zero-order chi connectivity index (χ0) is 25.5. The molecule has 3 aromatic carbocycles. The first-order chi connectivity index (χ1) is 18.0. The first-order valence-corrected chi connectivity index (χ1v) is 13.1. The van der Waals surface area contributed by atoms with Gasteiger partial charge >= 0.3 is 6.09 Å². The zero-order valence-electron chi connectivity index (χ0n) is 20.5. The van der Waals surface area contributed by atoms with Gasteiger partial charge in [-0.25, -0.2) is 13.6 Å². The number of hydrogen-bond acceptors (Lipinski definition) is 3. The molecule has 0 N–H and O–H groups in total. The number of piperidine rings is 2. The van der Waals surface area contributed by atoms with Crippen LogP contribution in [0.25, 0.3) is 11.1 Å². The van der Waals surface area contributed by atoms with Crippen LogP contribution in [0.4, 0.5) is 13.6 Å². The standard InChI is InChI=1S/C31H29F2NO3/c32-30(33)27-15-6-5-14-26(27)29(35)19-16-20-8-7-9-21(17-19)34(20)31(36)37-18-28-24-12-3-1-10-22(24)23-11-2-4-13-25(23)28/h1-6,10-15,19-21,28,30H,7-9,16-18H2. The van der Waals surface area contributed by atoms with E-state index in [-0.39, 0.29) is 53.5 Å². The number of ether oxygens (including phenoxy) is 1. The fraction of sp³-hybridized carbons (Fsp3) is 0.355. The third-order valence-corrected chi connectivity index (χ3v) is 8.35. The van der Waals surface area contributed by atoms with Crippen molar-refractivity contribution >= 4 is 11.9 Å². The van der Waals surface area contributed by atoms with E-state index in [0.29, 0.717) is 12.8 Å². The van der Waals surface area contributed by atoms with Gasteiger partial charge in [0.05, 0.1) is 0 Å². The molecule has 2 bridgehead atoms. The van der Waals surface area contributed by atoms with Gasteiger partial charge in [0.15, 0.2) is 5.78 Å². The topological polar surface area (TPSA) is 46.6 Å². The molecule has 0 aromatic heterocycles. The molecule has 1 amide bonds. The molecule has 2 unspecified atom stereocenters. The van der Waals surface area contributed by atoms with E-state index in [4.69, 9.17) is 4.74 Å². The second-order valence-electron chi connectivity index (χ2n) is 10.4. The Kier molecular flexibility index (Phi) is 6.27. The Bertz CT molecular complexity index is 1280. The Morgan fingerprint density at radius 2 is 1.41 bits per heavy atom. The van der Waals surface area contributed by atoms with E-state index in [1.165, 1.54) is 40.5 Å². The summed E-state index contributed by atoms with van der Waals surface area (Å²) in [5.41, 5.74) is 4.59. The van der Waals surface area contributed by atoms with E-state index in [1.54, 1.807) is 6.07 Å². The van der Waals surface area contributed by atoms with Crippen LogP contribution in [-0.4, -0.2) is 35.5 Å². The van der Waals surface area contributed by atoms with Crippen LogP contribution in [0.3, 0.4) is 0 Å². The number of amides is 1. The predicted octanol–water partition coefficient (Wildman–Crippen LogP) is 7.39. The maximum atomic E-state index is 13.5. The van der Waals surface area contributed by atoms with E-state index in [1.807, 2.05) is 29.2 Å². The minimum Gasteiger partial charge on any atom is -0.448 e. The molecule has 190 valence electrons. The van der Waals surface area contributed by atoms with Gasteiger partial charge < -0.3 is 9.64 Å². The number of hydrogen-bond donors (Lipinski definition) is 0. The lowest BCUT2D eigenvalue weighted by atomic mass is 9.75. The number of carbonyl (C=O) groups is 2. The molecular weight excluding hydrogens is 472 g/mol. The van der Waals surface area contributed by atoms with Crippen LogP contribution >= 0.6 is 0 Å². The number of alkyl halides is 2. The molecule has 6 rings (SSSR count). The highest BCUT2D eigenvalue weighted by atomic mass is 19.3. The van der Waals surface area contributed by atoms with Crippen LogP contribution in [0.1, 0.15) is 71.5 Å². The molecular formula is C31H29F2NO3. The van der Waals surface area contributed by atoms with E-state index in [9.17, 15) is 18.4 Å². The molecule has 2 aliphatic heterocycles. The second kappa shape index (κ2) is 9.73. The average Bonchev–Trinajstić information content (AvgIpc) is 3.24. The molecule has 6 heteroatoms. The average molecular weight is 502 g/mol. The summed E-state index contributed by atoms with van der Waals surface area (Å²) in [7, 11) is 0. The molecule has 4 nitrogen and oxygen atoms in total. The highest BCUT2D eigenvalue weighted by Gasteiger charge is 2.44. The SMILES string of the molecule is O=C(c1ccccc1C(F)F)C1CC2CCCC(C1)N2C(=O)OCC1c2ccccc2-c2ccccc21. The Morgan fingerprint density at radius 3 is 2.03 bits per heavy atom. The summed E-state index contributed by atoms with van der Waals surface area (Å²) in [4.78, 5) is 28.5. The minimum absolute atomic E-state index is 0.0128. The smallest absolute Gasteiger partial charge is 0.410 e. The third-order valence-electron chi connectivity index (χ3n) is 8.35. The molecule has 37 heavy (non-hydrogen) atoms. The van der Waals surface area contributed by atoms with Crippen LogP contribution < -0.4 is 0 Å². The number of Topliss-reactive ketones (excluding diaryl/α,β-unsaturated/α-hetero) is 1. The number of benzene rings is 3. The molecule has 0 saturated carbocycles. The molecule has 1 aliphatic carbocycles. The van der Waals surface area contributed by atoms with Crippen LogP contribution in [0.5, 0.6) is 0 Å². The van der Waals surface area contributed by atoms with Crippen LogP contribution in [0.15, 0.2) is 72.8 Å². The Hall–Kier alpha value is -3.54. The van der Waals surface area contributed by atoms with Crippen molar-refractivity contribution in [3.63, 3.8) is 0 Å². The largest absolute Gasteiger partial charge is 0.448 e. The summed E-state index contributed by atoms with van der Waals surface area (Å²) in [6.45, 7) is 0.257. The van der Waals surface area contributed by atoms with Crippen molar-refractivity contribution in [3.8, 4) is 11.1 Å². The van der Waals surface area contributed by atoms with Gasteiger partial charge in [-0.1, -0.05) is 72.8 Å². The molecule has 0 spiro atoms. The maximum absolute atomic E-state index is 13.5. The van der Waals surface area contributed by atoms with Crippen LogP contribution in [0.2, 0.25) is 0 Å². The summed E-state index contributed by atoms with van der Waals surface area (Å²) in [6, 6.07) is 22.2. The van der Waals surface area contributed by atoms with Gasteiger partial charge in [0.2, 0.25) is 0 Å². The number of rotatable bonds is 5. The number of carbonyl (C=O) groups excluding carboxylic acids is 2. The van der Waals surface area contributed by atoms with Gasteiger partial charge in [0.1, 0.15) is 6.61 Å². The fourth-order valence-corrected chi connectivity index (χ4v) is 6.69. The quantitative estimate of drug-likeness (QED) is 0.343. The minimum atomic E-state index is -2.69. The summed E-state index contributed by atoms with van der Waals surface area (Å²) in [5.74, 6) is -0.617. The molecule has 2 fully saturated rings. The van der Waals surface area contributed by atoms with Gasteiger partial charge in [-0.2, -0.15) is 0 Å². The normalized spacial score (nSPS) is 22.5. The van der Waals surface area contributed by atoms with Crippen molar-refractivity contribution in [3.05, 3.63) is 95.1 Å². The lowest BCUT2D eigenvalue weighted by Crippen LogP contribution is -2.56. The first-order valence-electron chi connectivity index (χ1n) is 13.1. The van der Waals surface area contributed by atoms with Crippen LogP contribution in [0, 0.1) is 5.92 Å². The van der Waals surface area contributed by atoms with Crippen molar-refractivity contribution in [2.45, 2.75) is 56.5 Å². The highest BCUT2D eigenvalue weighted by molar-refractivity contribution is 5.99. The van der Waals surface area contributed by atoms with Gasteiger partial charge in [-0.15, -0.1) is 0 Å². The molecule has 2 saturated heterocycles. The van der Waals surface area contributed by atoms with E-state index in [0.717, 1.165) is 19.3 Å². The monoisotopic (exact) mass is 501 g/mol. The van der Waals surface area contributed by atoms with Crippen molar-refractivity contribution in [1.82, 2.24) is 4.90 Å². The fourth-order valence-electron chi connectivity index (χ4n) is 6.69. The van der Waals surface area contributed by atoms with Crippen molar-refractivity contribution in [1.29, 1.82) is 0 Å². The Balaban J connectivity index is 1.17. The van der Waals surface area contributed by atoms with E-state index >= 15 is 0 Å². The summed E-state index contributed by atoms with van der Waals surface area (Å²) >= 11 is 0. The first kappa shape index (κ1) is 23.8. The molecule has 3 aromatic rings. The van der Waals surface area contributed by atoms with Crippen LogP contribution in [-0.2, 0) is 4.74 Å². The predicted molar refractivity (Wildman–Crippen MR) is 137 cm³/mol. The molecule has 2 heterocycles. The van der Waals surface area contributed by atoms with Crippen molar-refractivity contribution in [2.75, 3.05) is 6.61 Å². The maximum Gasteiger partial charge on any atom is 0.410 e. The van der Waals surface area contributed by atoms with Gasteiger partial charge in [0.25, 0.3) is 6.43 Å². The number of ketones is 1. The van der Waals surface area contributed by atoms with Gasteiger partial charge in [-0.05, 0) is 54.4 Å². The lowest BCUT2D eigenvalue weighted by molar-refractivity contribution is 0.00642. The van der Waals surface area contributed by atoms with E-state index in [2.05, 4.69) is 24.3 Å². The second-order valence-corrected chi connectivity index (χ2v) is 10.4. The summed E-state index contributed by atoms with van der Waals surface area (Å²) < 4.78 is 33.0. The number of fused-ring (bicyclic) bond motifs is 5. The highest BCUT2D eigenvalue weighted by Crippen LogP contribution is 2.45. The third kappa shape index (κ3) is 4.22. The zero-order valence-corrected chi connectivity index (χ0v) is 20.5. The lowest BCUT2D eigenvalue weighted by Gasteiger charge is -2.47. The molecule has 2 atom stereocenters. The Morgan fingerprint density at radius 1 is 0.838 bits per heavy atom.